The van der Waals surface area contributed by atoms with Gasteiger partial charge in [-0.15, -0.1) is 0 Å². The normalized spacial score (nSPS) is 40.2. The van der Waals surface area contributed by atoms with Crippen molar-refractivity contribution in [1.82, 2.24) is 0 Å². The molecule has 4 aliphatic rings. The van der Waals surface area contributed by atoms with Gasteiger partial charge >= 0.3 is 41.5 Å². The van der Waals surface area contributed by atoms with Crippen LogP contribution in [0.5, 0.6) is 0 Å². The van der Waals surface area contributed by atoms with Crippen LogP contribution in [0.2, 0.25) is 0 Å². The molecule has 32 heavy (non-hydrogen) atoms. The summed E-state index contributed by atoms with van der Waals surface area (Å²) in [6, 6.07) is 0. The zero-order valence-electron chi connectivity index (χ0n) is 19.8. The number of ketones is 2. The topological polar surface area (TPSA) is 97.7 Å². The van der Waals surface area contributed by atoms with Crippen LogP contribution in [-0.2, 0) is 23.9 Å². The molecule has 4 rings (SSSR count). The molecule has 170 valence electrons. The number of Topliss-reactive ketones (excluding diaryl/α,β-unsaturated/α-hetero) is 1. The maximum absolute atomic E-state index is 12.6. The predicted molar refractivity (Wildman–Crippen MR) is 113 cm³/mol. The van der Waals surface area contributed by atoms with Crippen LogP contribution >= 0.6 is 0 Å². The Balaban J connectivity index is 0.00000289. The van der Waals surface area contributed by atoms with Crippen LogP contribution in [0.4, 0.5) is 0 Å². The summed E-state index contributed by atoms with van der Waals surface area (Å²) in [6.45, 7) is 6.09. The number of rotatable bonds is 5. The van der Waals surface area contributed by atoms with Crippen molar-refractivity contribution in [2.24, 2.45) is 34.5 Å². The Labute approximate surface area is 212 Å². The molecule has 0 amide bonds. The second-order valence-corrected chi connectivity index (χ2v) is 10.8. The summed E-state index contributed by atoms with van der Waals surface area (Å²) < 4.78 is 6.03. The van der Waals surface area contributed by atoms with E-state index >= 15 is 0 Å². The van der Waals surface area contributed by atoms with Crippen LogP contribution in [0.25, 0.3) is 0 Å². The molecule has 1 N–H and O–H groups in total. The van der Waals surface area contributed by atoms with E-state index in [1.807, 2.05) is 6.08 Å². The second kappa shape index (κ2) is 9.34. The molecular formula is C25H34NaO6+. The minimum Gasteiger partial charge on any atom is -0.481 e. The Morgan fingerprint density at radius 3 is 2.50 bits per heavy atom. The molecule has 0 aromatic rings. The number of carbonyl (C=O) groups is 4. The van der Waals surface area contributed by atoms with E-state index in [-0.39, 0.29) is 82.7 Å². The van der Waals surface area contributed by atoms with Crippen molar-refractivity contribution in [3.63, 3.8) is 0 Å². The third kappa shape index (κ3) is 4.27. The minimum atomic E-state index is -1.02. The van der Waals surface area contributed by atoms with Gasteiger partial charge in [0.25, 0.3) is 0 Å². The van der Waals surface area contributed by atoms with Crippen LogP contribution in [0.15, 0.2) is 11.6 Å². The second-order valence-electron chi connectivity index (χ2n) is 10.8. The van der Waals surface area contributed by atoms with E-state index in [0.29, 0.717) is 24.7 Å². The minimum absolute atomic E-state index is 0. The largest absolute Gasteiger partial charge is 1.00 e. The fraction of sp³-hybridized carbons (Fsp3) is 0.760. The maximum atomic E-state index is 12.6. The van der Waals surface area contributed by atoms with E-state index in [0.717, 1.165) is 32.1 Å². The van der Waals surface area contributed by atoms with Crippen LogP contribution in [-0.4, -0.2) is 34.7 Å². The number of carboxylic acid groups (broad SMARTS) is 1. The molecule has 0 saturated heterocycles. The molecule has 7 unspecified atom stereocenters. The first-order valence-electron chi connectivity index (χ1n) is 11.7. The van der Waals surface area contributed by atoms with Gasteiger partial charge in [0.2, 0.25) is 0 Å². The van der Waals surface area contributed by atoms with Gasteiger partial charge in [-0.1, -0.05) is 19.4 Å². The zero-order chi connectivity index (χ0) is 22.6. The number of allylic oxidation sites excluding steroid dienone is 1. The smallest absolute Gasteiger partial charge is 0.481 e. The molecule has 3 fully saturated rings. The van der Waals surface area contributed by atoms with E-state index in [9.17, 15) is 19.2 Å². The molecule has 7 atom stereocenters. The van der Waals surface area contributed by atoms with Gasteiger partial charge in [0.05, 0.1) is 12.8 Å². The SMILES string of the molecule is CC(=O)C1CCC2C3CCC4=CC(=O)CCC4(C)C3C(OC(=O)CCC(=O)O)CC12C.[Na+]. The number of ether oxygens (including phenoxy) is 1. The van der Waals surface area contributed by atoms with Crippen molar-refractivity contribution in [2.75, 3.05) is 0 Å². The first-order chi connectivity index (χ1) is 14.6. The molecule has 0 aromatic heterocycles. The van der Waals surface area contributed by atoms with Crippen molar-refractivity contribution in [3.05, 3.63) is 11.6 Å². The van der Waals surface area contributed by atoms with Crippen molar-refractivity contribution in [3.8, 4) is 0 Å². The molecule has 7 heteroatoms. The first kappa shape index (κ1) is 25.6. The molecule has 0 aromatic carbocycles. The molecule has 3 saturated carbocycles. The molecule has 0 spiro atoms. The fourth-order valence-corrected chi connectivity index (χ4v) is 7.87. The maximum Gasteiger partial charge on any atom is 1.00 e. The summed E-state index contributed by atoms with van der Waals surface area (Å²) in [4.78, 5) is 48.1. The predicted octanol–water partition coefficient (Wildman–Crippen LogP) is 1.11. The van der Waals surface area contributed by atoms with Crippen LogP contribution in [0.1, 0.15) is 78.6 Å². The van der Waals surface area contributed by atoms with Crippen molar-refractivity contribution < 1.29 is 58.6 Å². The Morgan fingerprint density at radius 2 is 1.84 bits per heavy atom. The van der Waals surface area contributed by atoms with Crippen molar-refractivity contribution >= 4 is 23.5 Å². The summed E-state index contributed by atoms with van der Waals surface area (Å²) in [6.07, 6.45) is 6.75. The van der Waals surface area contributed by atoms with Crippen LogP contribution < -0.4 is 29.6 Å². The first-order valence-corrected chi connectivity index (χ1v) is 11.7. The van der Waals surface area contributed by atoms with Crippen molar-refractivity contribution in [2.45, 2.75) is 84.7 Å². The average Bonchev–Trinajstić information content (AvgIpc) is 3.03. The third-order valence-electron chi connectivity index (χ3n) is 9.19. The number of hydrogen-bond donors (Lipinski definition) is 1. The molecule has 0 radical (unpaired) electrons. The van der Waals surface area contributed by atoms with Gasteiger partial charge in [0.15, 0.2) is 5.78 Å². The summed E-state index contributed by atoms with van der Waals surface area (Å²) >= 11 is 0. The van der Waals surface area contributed by atoms with Gasteiger partial charge in [-0.2, -0.15) is 0 Å². The Kier molecular flexibility index (Phi) is 7.49. The number of esters is 1. The van der Waals surface area contributed by atoms with Gasteiger partial charge in [0.1, 0.15) is 11.9 Å². The van der Waals surface area contributed by atoms with Gasteiger partial charge in [-0.25, -0.2) is 0 Å². The van der Waals surface area contributed by atoms with Gasteiger partial charge in [-0.3, -0.25) is 19.2 Å². The zero-order valence-corrected chi connectivity index (χ0v) is 21.8. The van der Waals surface area contributed by atoms with Gasteiger partial charge < -0.3 is 9.84 Å². The molecular weight excluding hydrogens is 419 g/mol. The van der Waals surface area contributed by atoms with Crippen molar-refractivity contribution in [1.29, 1.82) is 0 Å². The Morgan fingerprint density at radius 1 is 1.12 bits per heavy atom. The van der Waals surface area contributed by atoms with E-state index in [1.165, 1.54) is 5.57 Å². The van der Waals surface area contributed by atoms with Crippen LogP contribution in [0, 0.1) is 34.5 Å². The van der Waals surface area contributed by atoms with Gasteiger partial charge in [0, 0.05) is 18.3 Å². The summed E-state index contributed by atoms with van der Waals surface area (Å²) in [5.41, 5.74) is 0.790. The number of fused-ring (bicyclic) bond motifs is 5. The molecule has 4 aliphatic carbocycles. The van der Waals surface area contributed by atoms with Crippen LogP contribution in [0.3, 0.4) is 0 Å². The van der Waals surface area contributed by atoms with E-state index in [4.69, 9.17) is 9.84 Å². The average molecular weight is 454 g/mol. The Hall–Kier alpha value is -0.980. The Bertz CT molecular complexity index is 849. The quantitative estimate of drug-likeness (QED) is 0.495. The van der Waals surface area contributed by atoms with Gasteiger partial charge in [-0.05, 0) is 74.2 Å². The summed E-state index contributed by atoms with van der Waals surface area (Å²) in [7, 11) is 0. The fourth-order valence-electron chi connectivity index (χ4n) is 7.87. The molecule has 0 aliphatic heterocycles. The number of aliphatic carboxylic acids is 1. The standard InChI is InChI=1S/C25H34O6.Na/c1-14(26)18-6-7-19-17-5-4-15-12-16(27)10-11-24(15,2)23(17)20(13-25(18,19)3)31-22(30)9-8-21(28)29;/h12,17-20,23H,4-11,13H2,1-3H3,(H,28,29);/q;+1. The number of hydrogen-bond acceptors (Lipinski definition) is 5. The third-order valence-corrected chi connectivity index (χ3v) is 9.19. The van der Waals surface area contributed by atoms with E-state index < -0.39 is 11.9 Å². The number of carboxylic acids is 1. The summed E-state index contributed by atoms with van der Waals surface area (Å²) in [5.74, 6) is -0.248. The molecule has 0 bridgehead atoms. The molecule has 0 heterocycles. The van der Waals surface area contributed by atoms with E-state index in [2.05, 4.69) is 13.8 Å². The monoisotopic (exact) mass is 453 g/mol. The van der Waals surface area contributed by atoms with E-state index in [1.54, 1.807) is 6.92 Å². The summed E-state index contributed by atoms with van der Waals surface area (Å²) in [5, 5.41) is 8.95. The molecule has 6 nitrogen and oxygen atoms in total. The number of carbonyl (C=O) groups excluding carboxylic acids is 3.